The molecule has 4 amide bonds. The number of esters is 1. The Morgan fingerprint density at radius 2 is 1.76 bits per heavy atom. The first-order valence-electron chi connectivity index (χ1n) is 11.2. The van der Waals surface area contributed by atoms with Gasteiger partial charge in [-0.25, -0.2) is 14.4 Å². The van der Waals surface area contributed by atoms with Crippen LogP contribution in [-0.2, 0) is 9.53 Å². The SMILES string of the molecule is CCCN1C(=O)N[C@H](c2ccc(NC(=O)Nc3ccccc3OCC)cc2)C(C(=O)OC)=C1C. The highest BCUT2D eigenvalue weighted by molar-refractivity contribution is 6.00. The maximum atomic E-state index is 12.6. The van der Waals surface area contributed by atoms with Gasteiger partial charge in [0.15, 0.2) is 0 Å². The summed E-state index contributed by atoms with van der Waals surface area (Å²) in [4.78, 5) is 39.2. The Morgan fingerprint density at radius 3 is 2.41 bits per heavy atom. The molecule has 0 bridgehead atoms. The first-order valence-corrected chi connectivity index (χ1v) is 11.2. The summed E-state index contributed by atoms with van der Waals surface area (Å²) in [7, 11) is 1.32. The number of urea groups is 2. The number of benzene rings is 2. The third-order valence-corrected chi connectivity index (χ3v) is 5.39. The van der Waals surface area contributed by atoms with Crippen LogP contribution in [0.25, 0.3) is 0 Å². The van der Waals surface area contributed by atoms with E-state index in [1.807, 2.05) is 19.9 Å². The molecule has 1 aliphatic heterocycles. The van der Waals surface area contributed by atoms with Crippen LogP contribution >= 0.6 is 0 Å². The van der Waals surface area contributed by atoms with E-state index in [-0.39, 0.29) is 6.03 Å². The van der Waals surface area contributed by atoms with E-state index < -0.39 is 18.0 Å². The number of ether oxygens (including phenoxy) is 2. The molecule has 34 heavy (non-hydrogen) atoms. The van der Waals surface area contributed by atoms with Crippen LogP contribution in [0.1, 0.15) is 38.8 Å². The van der Waals surface area contributed by atoms with Crippen molar-refractivity contribution in [1.82, 2.24) is 10.2 Å². The number of nitrogens with zero attached hydrogens (tertiary/aromatic N) is 1. The number of para-hydroxylation sites is 2. The second kappa shape index (κ2) is 11.2. The second-order valence-corrected chi connectivity index (χ2v) is 7.66. The Balaban J connectivity index is 1.77. The van der Waals surface area contributed by atoms with Crippen LogP contribution in [0.15, 0.2) is 59.8 Å². The van der Waals surface area contributed by atoms with Gasteiger partial charge in [-0.15, -0.1) is 0 Å². The second-order valence-electron chi connectivity index (χ2n) is 7.66. The summed E-state index contributed by atoms with van der Waals surface area (Å²) in [5, 5.41) is 8.43. The first kappa shape index (κ1) is 24.6. The molecule has 1 heterocycles. The molecule has 9 heteroatoms. The van der Waals surface area contributed by atoms with Gasteiger partial charge in [0.05, 0.1) is 31.0 Å². The number of amides is 4. The molecule has 2 aromatic rings. The number of nitrogens with one attached hydrogen (secondary N) is 3. The highest BCUT2D eigenvalue weighted by Crippen LogP contribution is 2.32. The van der Waals surface area contributed by atoms with E-state index in [1.54, 1.807) is 54.3 Å². The molecule has 0 saturated heterocycles. The lowest BCUT2D eigenvalue weighted by molar-refractivity contribution is -0.136. The largest absolute Gasteiger partial charge is 0.492 e. The quantitative estimate of drug-likeness (QED) is 0.491. The zero-order chi connectivity index (χ0) is 24.7. The summed E-state index contributed by atoms with van der Waals surface area (Å²) in [6, 6.07) is 12.7. The minimum absolute atomic E-state index is 0.272. The van der Waals surface area contributed by atoms with Gasteiger partial charge in [-0.05, 0) is 50.1 Å². The molecular weight excluding hydrogens is 436 g/mol. The normalized spacial score (nSPS) is 15.5. The Morgan fingerprint density at radius 1 is 1.06 bits per heavy atom. The van der Waals surface area contributed by atoms with Gasteiger partial charge >= 0.3 is 18.0 Å². The van der Waals surface area contributed by atoms with E-state index in [2.05, 4.69) is 16.0 Å². The average molecular weight is 467 g/mol. The molecule has 0 saturated carbocycles. The Hall–Kier alpha value is -4.01. The van der Waals surface area contributed by atoms with Gasteiger partial charge in [-0.1, -0.05) is 31.2 Å². The summed E-state index contributed by atoms with van der Waals surface area (Å²) in [6.07, 6.45) is 0.751. The van der Waals surface area contributed by atoms with Crippen LogP contribution in [0.3, 0.4) is 0 Å². The molecule has 1 atom stereocenters. The van der Waals surface area contributed by atoms with Crippen LogP contribution < -0.4 is 20.7 Å². The van der Waals surface area contributed by atoms with Crippen molar-refractivity contribution in [2.75, 3.05) is 30.9 Å². The molecule has 0 fully saturated rings. The lowest BCUT2D eigenvalue weighted by Gasteiger charge is -2.35. The fourth-order valence-corrected chi connectivity index (χ4v) is 3.79. The van der Waals surface area contributed by atoms with Gasteiger partial charge in [-0.2, -0.15) is 0 Å². The zero-order valence-corrected chi connectivity index (χ0v) is 19.8. The molecule has 9 nitrogen and oxygen atoms in total. The van der Waals surface area contributed by atoms with Crippen molar-refractivity contribution >= 4 is 29.4 Å². The molecule has 1 aliphatic rings. The van der Waals surface area contributed by atoms with Crippen LogP contribution in [0.5, 0.6) is 5.75 Å². The summed E-state index contributed by atoms with van der Waals surface area (Å²) in [5.74, 6) is 0.0799. The standard InChI is InChI=1S/C25H30N4O5/c1-5-15-29-16(3)21(23(30)33-4)22(28-25(29)32)17-11-13-18(14-12-17)26-24(31)27-19-9-7-8-10-20(19)34-6-2/h7-14,22H,5-6,15H2,1-4H3,(H,28,32)(H2,26,27,31)/t22-/m1/s1. The van der Waals surface area contributed by atoms with Gasteiger partial charge in [0.1, 0.15) is 5.75 Å². The van der Waals surface area contributed by atoms with Crippen LogP contribution in [0.4, 0.5) is 21.0 Å². The van der Waals surface area contributed by atoms with Crippen molar-refractivity contribution in [1.29, 1.82) is 0 Å². The van der Waals surface area contributed by atoms with Gasteiger partial charge < -0.3 is 25.4 Å². The van der Waals surface area contributed by atoms with E-state index in [1.165, 1.54) is 7.11 Å². The molecule has 180 valence electrons. The van der Waals surface area contributed by atoms with Crippen molar-refractivity contribution in [3.05, 3.63) is 65.4 Å². The molecule has 0 aromatic heterocycles. The minimum Gasteiger partial charge on any atom is -0.492 e. The van der Waals surface area contributed by atoms with E-state index in [0.717, 1.165) is 6.42 Å². The highest BCUT2D eigenvalue weighted by atomic mass is 16.5. The van der Waals surface area contributed by atoms with Crippen LogP contribution in [0, 0.1) is 0 Å². The first-order chi connectivity index (χ1) is 16.4. The highest BCUT2D eigenvalue weighted by Gasteiger charge is 2.35. The van der Waals surface area contributed by atoms with Gasteiger partial charge in [-0.3, -0.25) is 4.90 Å². The molecule has 0 unspecified atom stereocenters. The van der Waals surface area contributed by atoms with Crippen molar-refractivity contribution in [3.8, 4) is 5.75 Å². The summed E-state index contributed by atoms with van der Waals surface area (Å²) in [5.41, 5.74) is 2.74. The summed E-state index contributed by atoms with van der Waals surface area (Å²) < 4.78 is 10.5. The molecule has 0 spiro atoms. The molecule has 0 aliphatic carbocycles. The Labute approximate surface area is 199 Å². The number of allylic oxidation sites excluding steroid dienone is 1. The van der Waals surface area contributed by atoms with Crippen molar-refractivity contribution in [3.63, 3.8) is 0 Å². The fourth-order valence-electron chi connectivity index (χ4n) is 3.79. The molecule has 2 aromatic carbocycles. The fraction of sp³-hybridized carbons (Fsp3) is 0.320. The van der Waals surface area contributed by atoms with E-state index >= 15 is 0 Å². The number of carbonyl (C=O) groups excluding carboxylic acids is 3. The summed E-state index contributed by atoms with van der Waals surface area (Å²) >= 11 is 0. The number of anilines is 2. The van der Waals surface area contributed by atoms with E-state index in [0.29, 0.717) is 47.1 Å². The minimum atomic E-state index is -0.658. The van der Waals surface area contributed by atoms with Crippen molar-refractivity contribution in [2.24, 2.45) is 0 Å². The number of methoxy groups -OCH3 is 1. The van der Waals surface area contributed by atoms with Crippen molar-refractivity contribution in [2.45, 2.75) is 33.2 Å². The molecular formula is C25H30N4O5. The van der Waals surface area contributed by atoms with Crippen molar-refractivity contribution < 1.29 is 23.9 Å². The third kappa shape index (κ3) is 5.48. The summed E-state index contributed by atoms with van der Waals surface area (Å²) in [6.45, 7) is 6.55. The molecule has 3 rings (SSSR count). The average Bonchev–Trinajstić information content (AvgIpc) is 2.83. The Bertz CT molecular complexity index is 1080. The number of rotatable bonds is 8. The predicted molar refractivity (Wildman–Crippen MR) is 130 cm³/mol. The smallest absolute Gasteiger partial charge is 0.337 e. The topological polar surface area (TPSA) is 109 Å². The van der Waals surface area contributed by atoms with Gasteiger partial charge in [0.25, 0.3) is 0 Å². The zero-order valence-electron chi connectivity index (χ0n) is 19.8. The van der Waals surface area contributed by atoms with Gasteiger partial charge in [0.2, 0.25) is 0 Å². The lowest BCUT2D eigenvalue weighted by Crippen LogP contribution is -2.48. The number of hydrogen-bond acceptors (Lipinski definition) is 5. The van der Waals surface area contributed by atoms with E-state index in [4.69, 9.17) is 9.47 Å². The molecule has 3 N–H and O–H groups in total. The van der Waals surface area contributed by atoms with E-state index in [9.17, 15) is 14.4 Å². The number of hydrogen-bond donors (Lipinski definition) is 3. The van der Waals surface area contributed by atoms with Crippen LogP contribution in [0.2, 0.25) is 0 Å². The maximum Gasteiger partial charge on any atom is 0.337 e. The molecule has 0 radical (unpaired) electrons. The maximum absolute atomic E-state index is 12.6. The number of carbonyl (C=O) groups is 3. The predicted octanol–water partition coefficient (Wildman–Crippen LogP) is 4.65. The van der Waals surface area contributed by atoms with Crippen LogP contribution in [-0.4, -0.2) is 43.2 Å². The van der Waals surface area contributed by atoms with Gasteiger partial charge in [0, 0.05) is 17.9 Å². The third-order valence-electron chi connectivity index (χ3n) is 5.39. The lowest BCUT2D eigenvalue weighted by atomic mass is 9.94. The monoisotopic (exact) mass is 466 g/mol. The Kier molecular flexibility index (Phi) is 8.13.